The number of carboxylic acid groups (broad SMARTS) is 2. The molecule has 34 nitrogen and oxygen atoms in total. The summed E-state index contributed by atoms with van der Waals surface area (Å²) >= 11 is 0. The van der Waals surface area contributed by atoms with Crippen molar-refractivity contribution in [3.8, 4) is 12.3 Å². The van der Waals surface area contributed by atoms with Gasteiger partial charge in [-0.25, -0.2) is 29.2 Å². The number of aliphatic hydroxyl groups is 4. The highest BCUT2D eigenvalue weighted by Gasteiger charge is 2.49. The molecule has 0 aromatic rings. The molecule has 2 fully saturated rings. The van der Waals surface area contributed by atoms with Gasteiger partial charge in [0.25, 0.3) is 0 Å². The second-order valence-corrected chi connectivity index (χ2v) is 18.7. The number of terminal acetylenes is 1. The van der Waals surface area contributed by atoms with Crippen LogP contribution in [0.5, 0.6) is 0 Å². The Morgan fingerprint density at radius 1 is 0.671 bits per heavy atom. The van der Waals surface area contributed by atoms with Crippen LogP contribution in [0.2, 0.25) is 0 Å². The van der Waals surface area contributed by atoms with Crippen molar-refractivity contribution >= 4 is 53.8 Å². The fourth-order valence-electron chi connectivity index (χ4n) is 8.46. The van der Waals surface area contributed by atoms with Gasteiger partial charge in [-0.15, -0.1) is 6.42 Å². The van der Waals surface area contributed by atoms with Gasteiger partial charge in [0.15, 0.2) is 24.1 Å². The Balaban J connectivity index is 1.36. The topological polar surface area (TPSA) is 505 Å². The van der Waals surface area contributed by atoms with Gasteiger partial charge in [-0.05, 0) is 12.2 Å². The van der Waals surface area contributed by atoms with Gasteiger partial charge >= 0.3 is 24.1 Å². The van der Waals surface area contributed by atoms with Crippen LogP contribution in [-0.2, 0) is 71.3 Å². The summed E-state index contributed by atoms with van der Waals surface area (Å²) in [6.07, 6.45) is -5.84. The van der Waals surface area contributed by atoms with Crippen LogP contribution in [0.4, 0.5) is 9.59 Å². The summed E-state index contributed by atoms with van der Waals surface area (Å²) in [5.41, 5.74) is 22.3. The number of carbonyl (C=O) groups is 7. The standard InChI is InChI=1S/C48H75N11O23/c1-4-7-73-10-12-75-14-15-76-13-11-74-8-6-36(66)55-27(24-78-48(72)59-20-29(21-59)80-40(33(65)23-61)42-38(54-26(3)63)31(57-46(51)52)17-35(82-42)44(69)70)5-9-77-47(71)58-18-28(19-58)79-39(32(64)22-60)41-37(53-25(2)62)30(56-45(49)50)16-34(81-41)43(67)68/h1,16-17,27-33,37-42,60-61,64-65H,5-15,18-24H2,2-3H3,(H,53,62)(H,54,63)(H,55,66)(H,67,68)(H,69,70)(H4,49,50,56)(H4,51,52,57)/t27-,30-,31-,32+,33+,37+,38+,39+,40+,41+,42+/m0/s1. The second-order valence-electron chi connectivity index (χ2n) is 18.7. The number of aliphatic hydroxyl groups excluding tert-OH is 4. The predicted molar refractivity (Wildman–Crippen MR) is 278 cm³/mol. The smallest absolute Gasteiger partial charge is 0.410 e. The van der Waals surface area contributed by atoms with Gasteiger partial charge in [-0.3, -0.25) is 14.4 Å². The highest BCUT2D eigenvalue weighted by Crippen LogP contribution is 2.31. The first kappa shape index (κ1) is 67.2. The maximum Gasteiger partial charge on any atom is 0.410 e. The highest BCUT2D eigenvalue weighted by atomic mass is 16.6. The molecule has 0 unspecified atom stereocenters. The van der Waals surface area contributed by atoms with Crippen molar-refractivity contribution in [3.63, 3.8) is 0 Å². The highest BCUT2D eigenvalue weighted by molar-refractivity contribution is 5.86. The number of carboxylic acids is 2. The molecule has 0 aromatic heterocycles. The van der Waals surface area contributed by atoms with Crippen LogP contribution in [0, 0.1) is 12.3 Å². The van der Waals surface area contributed by atoms with Gasteiger partial charge in [-0.2, -0.15) is 0 Å². The fourth-order valence-corrected chi connectivity index (χ4v) is 8.46. The number of aliphatic carboxylic acids is 2. The summed E-state index contributed by atoms with van der Waals surface area (Å²) in [4.78, 5) is 98.7. The van der Waals surface area contributed by atoms with Crippen molar-refractivity contribution in [2.24, 2.45) is 32.9 Å². The summed E-state index contributed by atoms with van der Waals surface area (Å²) in [6.45, 7) is 0.979. The molecule has 0 radical (unpaired) electrons. The molecule has 0 spiro atoms. The Morgan fingerprint density at radius 3 is 1.48 bits per heavy atom. The number of nitrogens with two attached hydrogens (primary N) is 4. The van der Waals surface area contributed by atoms with E-state index >= 15 is 0 Å². The average molecular weight is 1170 g/mol. The van der Waals surface area contributed by atoms with Crippen molar-refractivity contribution in [3.05, 3.63) is 23.7 Å². The molecule has 82 heavy (non-hydrogen) atoms. The van der Waals surface area contributed by atoms with Gasteiger partial charge in [-0.1, -0.05) is 5.92 Å². The average Bonchev–Trinajstić information content (AvgIpc) is 3.38. The zero-order valence-corrected chi connectivity index (χ0v) is 45.2. The number of amides is 5. The zero-order valence-electron chi connectivity index (χ0n) is 45.2. The molecule has 4 aliphatic rings. The lowest BCUT2D eigenvalue weighted by molar-refractivity contribution is -0.182. The summed E-state index contributed by atoms with van der Waals surface area (Å²) in [5, 5.41) is 69.1. The molecule has 11 atom stereocenters. The van der Waals surface area contributed by atoms with E-state index in [0.29, 0.717) is 19.8 Å². The summed E-state index contributed by atoms with van der Waals surface area (Å²) in [5.74, 6) is -4.65. The van der Waals surface area contributed by atoms with Crippen LogP contribution in [0.25, 0.3) is 0 Å². The maximum absolute atomic E-state index is 13.3. The van der Waals surface area contributed by atoms with E-state index in [4.69, 9.17) is 76.7 Å². The van der Waals surface area contributed by atoms with Gasteiger partial charge < -0.3 is 127 Å². The molecule has 0 bridgehead atoms. The third kappa shape index (κ3) is 21.9. The number of likely N-dealkylation sites (tertiary alicyclic amines) is 2. The zero-order chi connectivity index (χ0) is 60.5. The lowest BCUT2D eigenvalue weighted by Gasteiger charge is -2.45. The number of guanidine groups is 2. The maximum atomic E-state index is 13.3. The third-order valence-corrected chi connectivity index (χ3v) is 12.3. The Kier molecular flexibility index (Phi) is 28.0. The Hall–Kier alpha value is -7.33. The number of hydrogen-bond donors (Lipinski definition) is 13. The number of nitrogens with one attached hydrogen (secondary N) is 3. The van der Waals surface area contributed by atoms with Gasteiger partial charge in [0.05, 0.1) is 135 Å². The number of hydrogen-bond acceptors (Lipinski definition) is 23. The molecule has 34 heteroatoms. The molecule has 0 aliphatic carbocycles. The quantitative estimate of drug-likeness (QED) is 0.0121. The van der Waals surface area contributed by atoms with Crippen molar-refractivity contribution in [1.29, 1.82) is 0 Å². The van der Waals surface area contributed by atoms with Gasteiger partial charge in [0, 0.05) is 26.7 Å². The molecule has 4 heterocycles. The van der Waals surface area contributed by atoms with E-state index in [0.717, 1.165) is 26.0 Å². The lowest BCUT2D eigenvalue weighted by atomic mass is 9.91. The van der Waals surface area contributed by atoms with Crippen LogP contribution in [0.1, 0.15) is 26.7 Å². The van der Waals surface area contributed by atoms with Crippen molar-refractivity contribution < 1.29 is 112 Å². The summed E-state index contributed by atoms with van der Waals surface area (Å²) in [7, 11) is 0. The van der Waals surface area contributed by atoms with Crippen molar-refractivity contribution in [2.45, 2.75) is 106 Å². The Bertz CT molecular complexity index is 2300. The van der Waals surface area contributed by atoms with Crippen LogP contribution in [-0.4, -0.2) is 279 Å². The monoisotopic (exact) mass is 1170 g/mol. The minimum atomic E-state index is -1.71. The van der Waals surface area contributed by atoms with Crippen molar-refractivity contribution in [2.75, 3.05) is 105 Å². The normalized spacial score (nSPS) is 22.4. The van der Waals surface area contributed by atoms with Crippen LogP contribution >= 0.6 is 0 Å². The van der Waals surface area contributed by atoms with E-state index in [9.17, 15) is 64.2 Å². The predicted octanol–water partition coefficient (Wildman–Crippen LogP) is -6.90. The number of carbonyl (C=O) groups excluding carboxylic acids is 5. The molecule has 0 aromatic carbocycles. The van der Waals surface area contributed by atoms with E-state index in [1.54, 1.807) is 0 Å². The Morgan fingerprint density at radius 2 is 1.09 bits per heavy atom. The molecule has 5 amide bonds. The van der Waals surface area contributed by atoms with Gasteiger partial charge in [0.2, 0.25) is 29.2 Å². The first-order valence-electron chi connectivity index (χ1n) is 25.8. The van der Waals surface area contributed by atoms with Crippen LogP contribution in [0.15, 0.2) is 33.7 Å². The van der Waals surface area contributed by atoms with E-state index in [1.807, 2.05) is 0 Å². The first-order valence-corrected chi connectivity index (χ1v) is 25.8. The molecular formula is C48H75N11O23. The van der Waals surface area contributed by atoms with E-state index < -0.39 is 164 Å². The minimum absolute atomic E-state index is 0.0232. The largest absolute Gasteiger partial charge is 0.478 e. The second kappa shape index (κ2) is 34.2. The first-order chi connectivity index (χ1) is 39.0. The van der Waals surface area contributed by atoms with E-state index in [1.165, 1.54) is 9.80 Å². The number of nitrogens with zero attached hydrogens (tertiary/aromatic N) is 4. The van der Waals surface area contributed by atoms with Crippen LogP contribution in [0.3, 0.4) is 0 Å². The molecule has 4 rings (SSSR count). The molecular weight excluding hydrogens is 1100 g/mol. The SMILES string of the molecule is C#CCOCCOCCOCCOCCC(=O)N[C@@H](CCOC(=O)N1CC(O[C@@H]([C@@H]2OC(C(=O)O)=C[C@H](N=C(N)N)[C@H]2NC(C)=O)[C@H](O)CO)C1)COC(=O)N1CC(O[C@@H]([C@@H]2OC(C(=O)O)=C[C@H](N=C(N)N)[C@H]2NC(C)=O)[C@H](O)CO)C1. The molecule has 460 valence electrons. The van der Waals surface area contributed by atoms with Crippen LogP contribution < -0.4 is 38.9 Å². The lowest BCUT2D eigenvalue weighted by Crippen LogP contribution is -2.63. The molecule has 0 saturated carbocycles. The molecule has 17 N–H and O–H groups in total. The molecule has 2 saturated heterocycles. The molecule has 4 aliphatic heterocycles. The Labute approximate surface area is 470 Å². The minimum Gasteiger partial charge on any atom is -0.478 e. The van der Waals surface area contributed by atoms with Gasteiger partial charge in [0.1, 0.15) is 37.6 Å². The summed E-state index contributed by atoms with van der Waals surface area (Å²) < 4.78 is 55.9. The number of aliphatic imine (C=N–C) groups is 2. The van der Waals surface area contributed by atoms with Crippen molar-refractivity contribution in [1.82, 2.24) is 25.8 Å². The third-order valence-electron chi connectivity index (χ3n) is 12.3. The van der Waals surface area contributed by atoms with E-state index in [2.05, 4.69) is 31.9 Å². The fraction of sp³-hybridized carbons (Fsp3) is 0.688. The number of rotatable bonds is 35. The summed E-state index contributed by atoms with van der Waals surface area (Å²) in [6, 6.07) is -5.79. The number of ether oxygens (including phenoxy) is 10. The van der Waals surface area contributed by atoms with E-state index in [-0.39, 0.29) is 78.7 Å².